The molecule has 0 radical (unpaired) electrons. The van der Waals surface area contributed by atoms with Crippen molar-refractivity contribution < 1.29 is 4.79 Å². The molecule has 0 saturated heterocycles. The third-order valence-electron chi connectivity index (χ3n) is 2.55. The number of carbonyl (C=O) groups is 1. The summed E-state index contributed by atoms with van der Waals surface area (Å²) in [5.41, 5.74) is 3.08. The van der Waals surface area contributed by atoms with E-state index in [1.54, 1.807) is 0 Å². The number of hydrogen-bond donors (Lipinski definition) is 1. The van der Waals surface area contributed by atoms with Gasteiger partial charge in [-0.1, -0.05) is 12.1 Å². The predicted octanol–water partition coefficient (Wildman–Crippen LogP) is 2.25. The van der Waals surface area contributed by atoms with Crippen LogP contribution in [0.2, 0.25) is 0 Å². The summed E-state index contributed by atoms with van der Waals surface area (Å²) in [7, 11) is 1.86. The first kappa shape index (κ1) is 8.30. The van der Waals surface area contributed by atoms with Crippen molar-refractivity contribution in [2.75, 3.05) is 12.4 Å². The average Bonchev–Trinajstić information content (AvgIpc) is 2.17. The topological polar surface area (TPSA) is 29.1 Å². The summed E-state index contributed by atoms with van der Waals surface area (Å²) in [6, 6.07) is 6.01. The van der Waals surface area contributed by atoms with Crippen LogP contribution in [0.4, 0.5) is 5.69 Å². The number of anilines is 1. The van der Waals surface area contributed by atoms with E-state index in [9.17, 15) is 4.79 Å². The molecule has 1 aromatic carbocycles. The van der Waals surface area contributed by atoms with E-state index in [-0.39, 0.29) is 5.78 Å². The summed E-state index contributed by atoms with van der Waals surface area (Å²) < 4.78 is 0. The van der Waals surface area contributed by atoms with Gasteiger partial charge in [0.05, 0.1) is 0 Å². The standard InChI is InChI=1S/C11H13NO/c1-12-9-6-2-4-8-5-3-7-10(13)11(8)9/h2,4,6,12H,3,5,7H2,1H3. The van der Waals surface area contributed by atoms with Crippen LogP contribution in [0, 0.1) is 0 Å². The molecule has 13 heavy (non-hydrogen) atoms. The Hall–Kier alpha value is -1.31. The van der Waals surface area contributed by atoms with Gasteiger partial charge in [-0.25, -0.2) is 0 Å². The Morgan fingerprint density at radius 2 is 2.15 bits per heavy atom. The smallest absolute Gasteiger partial charge is 0.165 e. The van der Waals surface area contributed by atoms with Crippen molar-refractivity contribution >= 4 is 11.5 Å². The number of aryl methyl sites for hydroxylation is 1. The van der Waals surface area contributed by atoms with E-state index in [2.05, 4.69) is 5.32 Å². The zero-order valence-electron chi connectivity index (χ0n) is 7.76. The van der Waals surface area contributed by atoms with Crippen molar-refractivity contribution in [3.05, 3.63) is 29.3 Å². The second-order valence-corrected chi connectivity index (χ2v) is 3.37. The quantitative estimate of drug-likeness (QED) is 0.709. The fourth-order valence-electron chi connectivity index (χ4n) is 1.91. The van der Waals surface area contributed by atoms with Crippen molar-refractivity contribution in [3.63, 3.8) is 0 Å². The van der Waals surface area contributed by atoms with Crippen LogP contribution in [-0.2, 0) is 6.42 Å². The molecular weight excluding hydrogens is 162 g/mol. The molecule has 0 spiro atoms. The number of benzene rings is 1. The van der Waals surface area contributed by atoms with E-state index in [0.29, 0.717) is 6.42 Å². The number of rotatable bonds is 1. The first-order chi connectivity index (χ1) is 6.33. The molecule has 2 nitrogen and oxygen atoms in total. The molecule has 0 unspecified atom stereocenters. The van der Waals surface area contributed by atoms with E-state index in [0.717, 1.165) is 24.1 Å². The number of fused-ring (bicyclic) bond motifs is 1. The van der Waals surface area contributed by atoms with Crippen LogP contribution in [0.3, 0.4) is 0 Å². The zero-order valence-corrected chi connectivity index (χ0v) is 7.76. The van der Waals surface area contributed by atoms with Crippen LogP contribution in [-0.4, -0.2) is 12.8 Å². The fourth-order valence-corrected chi connectivity index (χ4v) is 1.91. The highest BCUT2D eigenvalue weighted by molar-refractivity contribution is 6.03. The lowest BCUT2D eigenvalue weighted by molar-refractivity contribution is 0.0973. The molecule has 0 atom stereocenters. The maximum atomic E-state index is 11.6. The Labute approximate surface area is 78.0 Å². The van der Waals surface area contributed by atoms with E-state index in [4.69, 9.17) is 0 Å². The zero-order chi connectivity index (χ0) is 9.26. The largest absolute Gasteiger partial charge is 0.388 e. The van der Waals surface area contributed by atoms with Crippen LogP contribution < -0.4 is 5.32 Å². The van der Waals surface area contributed by atoms with Gasteiger partial charge in [0.2, 0.25) is 0 Å². The molecule has 68 valence electrons. The van der Waals surface area contributed by atoms with Gasteiger partial charge in [-0.2, -0.15) is 0 Å². The monoisotopic (exact) mass is 175 g/mol. The molecule has 0 saturated carbocycles. The van der Waals surface area contributed by atoms with E-state index < -0.39 is 0 Å². The van der Waals surface area contributed by atoms with Crippen LogP contribution in [0.1, 0.15) is 28.8 Å². The lowest BCUT2D eigenvalue weighted by Crippen LogP contribution is -2.13. The maximum absolute atomic E-state index is 11.6. The Morgan fingerprint density at radius 3 is 2.92 bits per heavy atom. The van der Waals surface area contributed by atoms with E-state index in [1.165, 1.54) is 5.56 Å². The third kappa shape index (κ3) is 1.32. The first-order valence-corrected chi connectivity index (χ1v) is 4.66. The number of Topliss-reactive ketones (excluding diaryl/α,β-unsaturated/α-hetero) is 1. The Kier molecular flexibility index (Phi) is 2.05. The molecule has 1 N–H and O–H groups in total. The molecule has 1 aromatic rings. The number of hydrogen-bond acceptors (Lipinski definition) is 2. The molecule has 0 aliphatic heterocycles. The maximum Gasteiger partial charge on any atom is 0.165 e. The van der Waals surface area contributed by atoms with Gasteiger partial charge in [0.1, 0.15) is 0 Å². The minimum absolute atomic E-state index is 0.284. The summed E-state index contributed by atoms with van der Waals surface area (Å²) >= 11 is 0. The Morgan fingerprint density at radius 1 is 1.31 bits per heavy atom. The van der Waals surface area contributed by atoms with Crippen molar-refractivity contribution in [2.45, 2.75) is 19.3 Å². The summed E-state index contributed by atoms with van der Waals surface area (Å²) in [6.45, 7) is 0. The van der Waals surface area contributed by atoms with Gasteiger partial charge in [-0.15, -0.1) is 0 Å². The van der Waals surface area contributed by atoms with Crippen molar-refractivity contribution in [1.82, 2.24) is 0 Å². The second kappa shape index (κ2) is 3.21. The predicted molar refractivity (Wildman–Crippen MR) is 53.3 cm³/mol. The SMILES string of the molecule is CNc1cccc2c1C(=O)CCC2. The Bertz CT molecular complexity index is 330. The van der Waals surface area contributed by atoms with E-state index in [1.807, 2.05) is 25.2 Å². The van der Waals surface area contributed by atoms with Crippen molar-refractivity contribution in [3.8, 4) is 0 Å². The minimum Gasteiger partial charge on any atom is -0.388 e. The second-order valence-electron chi connectivity index (χ2n) is 3.37. The van der Waals surface area contributed by atoms with Gasteiger partial charge in [-0.3, -0.25) is 4.79 Å². The molecule has 2 heteroatoms. The molecule has 1 aliphatic carbocycles. The van der Waals surface area contributed by atoms with Gasteiger partial charge >= 0.3 is 0 Å². The normalized spacial score (nSPS) is 15.3. The van der Waals surface area contributed by atoms with Gasteiger partial charge in [-0.05, 0) is 24.5 Å². The number of ketones is 1. The van der Waals surface area contributed by atoms with Crippen molar-refractivity contribution in [1.29, 1.82) is 0 Å². The third-order valence-corrected chi connectivity index (χ3v) is 2.55. The van der Waals surface area contributed by atoms with Gasteiger partial charge in [0, 0.05) is 24.7 Å². The highest BCUT2D eigenvalue weighted by Crippen LogP contribution is 2.27. The van der Waals surface area contributed by atoms with Gasteiger partial charge in [0.15, 0.2) is 5.78 Å². The van der Waals surface area contributed by atoms with Gasteiger partial charge in [0.25, 0.3) is 0 Å². The van der Waals surface area contributed by atoms with Gasteiger partial charge < -0.3 is 5.32 Å². The average molecular weight is 175 g/mol. The molecule has 0 fully saturated rings. The number of carbonyl (C=O) groups excluding carboxylic acids is 1. The number of nitrogens with one attached hydrogen (secondary N) is 1. The lowest BCUT2D eigenvalue weighted by atomic mass is 9.89. The van der Waals surface area contributed by atoms with Crippen LogP contribution in [0.25, 0.3) is 0 Å². The molecule has 0 heterocycles. The van der Waals surface area contributed by atoms with Crippen molar-refractivity contribution in [2.24, 2.45) is 0 Å². The van der Waals surface area contributed by atoms with E-state index >= 15 is 0 Å². The molecule has 0 bridgehead atoms. The minimum atomic E-state index is 0.284. The fraction of sp³-hybridized carbons (Fsp3) is 0.364. The summed E-state index contributed by atoms with van der Waals surface area (Å²) in [6.07, 6.45) is 2.74. The van der Waals surface area contributed by atoms with Crippen LogP contribution in [0.15, 0.2) is 18.2 Å². The van der Waals surface area contributed by atoms with Crippen LogP contribution in [0.5, 0.6) is 0 Å². The highest BCUT2D eigenvalue weighted by atomic mass is 16.1. The summed E-state index contributed by atoms with van der Waals surface area (Å²) in [4.78, 5) is 11.6. The molecule has 0 amide bonds. The lowest BCUT2D eigenvalue weighted by Gasteiger charge is -2.17. The highest BCUT2D eigenvalue weighted by Gasteiger charge is 2.19. The summed E-state index contributed by atoms with van der Waals surface area (Å²) in [5.74, 6) is 0.284. The first-order valence-electron chi connectivity index (χ1n) is 4.66. The molecule has 1 aliphatic rings. The molecular formula is C11H13NO. The molecule has 0 aromatic heterocycles. The van der Waals surface area contributed by atoms with Crippen LogP contribution >= 0.6 is 0 Å². The molecule has 2 rings (SSSR count). The Balaban J connectivity index is 2.56. The summed E-state index contributed by atoms with van der Waals surface area (Å²) in [5, 5.41) is 3.06.